The van der Waals surface area contributed by atoms with E-state index in [-0.39, 0.29) is 10.5 Å². The highest BCUT2D eigenvalue weighted by atomic mass is 35.5. The zero-order valence-corrected chi connectivity index (χ0v) is 21.0. The summed E-state index contributed by atoms with van der Waals surface area (Å²) in [4.78, 5) is 16.2. The van der Waals surface area contributed by atoms with Gasteiger partial charge in [-0.3, -0.25) is 4.79 Å². The largest absolute Gasteiger partial charge is 0.358 e. The van der Waals surface area contributed by atoms with Crippen molar-refractivity contribution in [2.75, 3.05) is 0 Å². The molecule has 2 N–H and O–H groups in total. The minimum atomic E-state index is -3.96. The van der Waals surface area contributed by atoms with Gasteiger partial charge in [0.25, 0.3) is 15.9 Å². The van der Waals surface area contributed by atoms with Gasteiger partial charge in [0, 0.05) is 32.7 Å². The second kappa shape index (κ2) is 9.64. The number of carbonyl (C=O) groups excluding carboxylic acids is 1. The van der Waals surface area contributed by atoms with Crippen LogP contribution in [0, 0.1) is 6.92 Å². The molecule has 0 spiro atoms. The van der Waals surface area contributed by atoms with Crippen LogP contribution in [0.3, 0.4) is 0 Å². The molecular formula is C29H23ClN2O3S. The minimum absolute atomic E-state index is 0.0397. The van der Waals surface area contributed by atoms with E-state index >= 15 is 0 Å². The highest BCUT2D eigenvalue weighted by molar-refractivity contribution is 7.90. The smallest absolute Gasteiger partial charge is 0.265 e. The number of carbonyl (C=O) groups is 1. The van der Waals surface area contributed by atoms with Crippen LogP contribution in [0.4, 0.5) is 0 Å². The van der Waals surface area contributed by atoms with E-state index in [9.17, 15) is 13.2 Å². The van der Waals surface area contributed by atoms with Crippen LogP contribution in [0.5, 0.6) is 0 Å². The lowest BCUT2D eigenvalue weighted by Gasteiger charge is -2.08. The van der Waals surface area contributed by atoms with Crippen LogP contribution in [0.25, 0.3) is 22.0 Å². The first-order valence-electron chi connectivity index (χ1n) is 11.4. The molecule has 1 amide bonds. The Morgan fingerprint density at radius 1 is 0.889 bits per heavy atom. The van der Waals surface area contributed by atoms with E-state index in [0.717, 1.165) is 38.9 Å². The van der Waals surface area contributed by atoms with Gasteiger partial charge < -0.3 is 4.98 Å². The van der Waals surface area contributed by atoms with Gasteiger partial charge in [-0.1, -0.05) is 72.3 Å². The standard InChI is InChI=1S/C29H23ClN2O3S/c1-19-25(17-20-11-13-21(14-12-20)24-9-5-6-10-27(24)30)26-18-22(15-16-28(26)31-19)29(33)32-36(34,35)23-7-3-2-4-8-23/h2-16,18,31H,17H2,1H3,(H,32,33). The van der Waals surface area contributed by atoms with E-state index in [0.29, 0.717) is 11.4 Å². The molecule has 5 rings (SSSR count). The third-order valence-corrected chi connectivity index (χ3v) is 7.86. The highest BCUT2D eigenvalue weighted by Gasteiger charge is 2.19. The molecule has 5 nitrogen and oxygen atoms in total. The molecule has 0 bridgehead atoms. The van der Waals surface area contributed by atoms with Crippen molar-refractivity contribution < 1.29 is 13.2 Å². The Morgan fingerprint density at radius 3 is 2.31 bits per heavy atom. The van der Waals surface area contributed by atoms with Crippen LogP contribution in [-0.2, 0) is 16.4 Å². The molecule has 5 aromatic rings. The summed E-state index contributed by atoms with van der Waals surface area (Å²) in [5, 5.41) is 1.59. The first kappa shape index (κ1) is 23.9. The summed E-state index contributed by atoms with van der Waals surface area (Å²) in [6.07, 6.45) is 0.655. The van der Waals surface area contributed by atoms with E-state index in [2.05, 4.69) is 21.8 Å². The maximum absolute atomic E-state index is 12.8. The Morgan fingerprint density at radius 2 is 1.58 bits per heavy atom. The third-order valence-electron chi connectivity index (χ3n) is 6.18. The highest BCUT2D eigenvalue weighted by Crippen LogP contribution is 2.30. The monoisotopic (exact) mass is 514 g/mol. The second-order valence-corrected chi connectivity index (χ2v) is 10.7. The van der Waals surface area contributed by atoms with Crippen molar-refractivity contribution in [3.05, 3.63) is 124 Å². The number of aromatic nitrogens is 1. The minimum Gasteiger partial charge on any atom is -0.358 e. The molecular weight excluding hydrogens is 492 g/mol. The van der Waals surface area contributed by atoms with Crippen molar-refractivity contribution >= 4 is 38.4 Å². The van der Waals surface area contributed by atoms with Gasteiger partial charge in [0.15, 0.2) is 0 Å². The van der Waals surface area contributed by atoms with Gasteiger partial charge in [0.2, 0.25) is 0 Å². The van der Waals surface area contributed by atoms with E-state index in [1.807, 2.05) is 43.3 Å². The Hall–Kier alpha value is -3.87. The normalized spacial score (nSPS) is 11.5. The molecule has 0 atom stereocenters. The number of H-pyrrole nitrogens is 1. The summed E-state index contributed by atoms with van der Waals surface area (Å²) in [6.45, 7) is 1.99. The van der Waals surface area contributed by atoms with E-state index < -0.39 is 15.9 Å². The van der Waals surface area contributed by atoms with Gasteiger partial charge in [0.05, 0.1) is 4.90 Å². The van der Waals surface area contributed by atoms with Crippen LogP contribution in [-0.4, -0.2) is 19.3 Å². The van der Waals surface area contributed by atoms with Crippen molar-refractivity contribution in [2.45, 2.75) is 18.2 Å². The topological polar surface area (TPSA) is 79.0 Å². The SMILES string of the molecule is Cc1[nH]c2ccc(C(=O)NS(=O)(=O)c3ccccc3)cc2c1Cc1ccc(-c2ccccc2Cl)cc1. The molecule has 36 heavy (non-hydrogen) atoms. The molecule has 1 heterocycles. The maximum atomic E-state index is 12.8. The molecule has 0 aliphatic rings. The summed E-state index contributed by atoms with van der Waals surface area (Å²) in [7, 11) is -3.96. The molecule has 0 radical (unpaired) electrons. The molecule has 0 aliphatic carbocycles. The van der Waals surface area contributed by atoms with Gasteiger partial charge >= 0.3 is 0 Å². The molecule has 0 aliphatic heterocycles. The number of rotatable bonds is 6. The van der Waals surface area contributed by atoms with Crippen molar-refractivity contribution in [2.24, 2.45) is 0 Å². The molecule has 0 saturated heterocycles. The van der Waals surface area contributed by atoms with Crippen molar-refractivity contribution in [1.82, 2.24) is 9.71 Å². The second-order valence-electron chi connectivity index (χ2n) is 8.59. The van der Waals surface area contributed by atoms with Crippen LogP contribution < -0.4 is 4.72 Å². The van der Waals surface area contributed by atoms with Crippen LogP contribution in [0.2, 0.25) is 5.02 Å². The van der Waals surface area contributed by atoms with Gasteiger partial charge in [0.1, 0.15) is 0 Å². The fourth-order valence-electron chi connectivity index (χ4n) is 4.29. The summed E-state index contributed by atoms with van der Waals surface area (Å²) in [6, 6.07) is 29.0. The fourth-order valence-corrected chi connectivity index (χ4v) is 5.53. The Kier molecular flexibility index (Phi) is 6.39. The Bertz CT molecular complexity index is 1680. The zero-order chi connectivity index (χ0) is 25.3. The quantitative estimate of drug-likeness (QED) is 0.271. The average molecular weight is 515 g/mol. The van der Waals surface area contributed by atoms with Crippen LogP contribution in [0.1, 0.15) is 27.2 Å². The van der Waals surface area contributed by atoms with Crippen molar-refractivity contribution in [3.63, 3.8) is 0 Å². The summed E-state index contributed by atoms with van der Waals surface area (Å²) in [5.74, 6) is -0.672. The van der Waals surface area contributed by atoms with Crippen LogP contribution >= 0.6 is 11.6 Å². The van der Waals surface area contributed by atoms with Crippen molar-refractivity contribution in [3.8, 4) is 11.1 Å². The molecule has 0 saturated carbocycles. The van der Waals surface area contributed by atoms with E-state index in [1.54, 1.807) is 36.4 Å². The predicted octanol–water partition coefficient (Wildman–Crippen LogP) is 6.51. The number of aromatic amines is 1. The number of amides is 1. The molecule has 7 heteroatoms. The average Bonchev–Trinajstić information content (AvgIpc) is 3.19. The summed E-state index contributed by atoms with van der Waals surface area (Å²) >= 11 is 6.34. The first-order chi connectivity index (χ1) is 17.3. The summed E-state index contributed by atoms with van der Waals surface area (Å²) < 4.78 is 27.4. The molecule has 0 unspecified atom stereocenters. The lowest BCUT2D eigenvalue weighted by atomic mass is 9.98. The molecule has 0 fully saturated rings. The number of hydrogen-bond donors (Lipinski definition) is 2. The van der Waals surface area contributed by atoms with E-state index in [1.165, 1.54) is 12.1 Å². The number of halogens is 1. The van der Waals surface area contributed by atoms with Gasteiger partial charge in [-0.05, 0) is 66.4 Å². The number of fused-ring (bicyclic) bond motifs is 1. The van der Waals surface area contributed by atoms with Crippen molar-refractivity contribution in [1.29, 1.82) is 0 Å². The third kappa shape index (κ3) is 4.78. The zero-order valence-electron chi connectivity index (χ0n) is 19.5. The lowest BCUT2D eigenvalue weighted by molar-refractivity contribution is 0.0981. The van der Waals surface area contributed by atoms with Gasteiger partial charge in [-0.2, -0.15) is 0 Å². The number of nitrogens with one attached hydrogen (secondary N) is 2. The van der Waals surface area contributed by atoms with Gasteiger partial charge in [-0.15, -0.1) is 0 Å². The Balaban J connectivity index is 1.41. The first-order valence-corrected chi connectivity index (χ1v) is 13.3. The number of hydrogen-bond acceptors (Lipinski definition) is 3. The predicted molar refractivity (Wildman–Crippen MR) is 144 cm³/mol. The van der Waals surface area contributed by atoms with Gasteiger partial charge in [-0.25, -0.2) is 13.1 Å². The maximum Gasteiger partial charge on any atom is 0.265 e. The molecule has 4 aromatic carbocycles. The summed E-state index contributed by atoms with van der Waals surface area (Å²) in [5.41, 5.74) is 6.34. The van der Waals surface area contributed by atoms with E-state index in [4.69, 9.17) is 11.6 Å². The molecule has 180 valence electrons. The molecule has 1 aromatic heterocycles. The number of sulfonamides is 1. The number of aryl methyl sites for hydroxylation is 1. The lowest BCUT2D eigenvalue weighted by Crippen LogP contribution is -2.30. The Labute approximate surface area is 214 Å². The number of benzene rings is 4. The van der Waals surface area contributed by atoms with Crippen LogP contribution in [0.15, 0.2) is 102 Å². The fraction of sp³-hybridized carbons (Fsp3) is 0.0690.